The zero-order chi connectivity index (χ0) is 11.4. The fraction of sp³-hybridized carbons (Fsp3) is 0.900. The van der Waals surface area contributed by atoms with Crippen molar-refractivity contribution >= 4 is 6.09 Å². The van der Waals surface area contributed by atoms with E-state index in [-0.39, 0.29) is 5.60 Å². The Kier molecular flexibility index (Phi) is 4.39. The number of carbonyl (C=O) groups excluding carboxylic acids is 1. The smallest absolute Gasteiger partial charge is 0.405 e. The van der Waals surface area contributed by atoms with Crippen molar-refractivity contribution < 1.29 is 14.3 Å². The van der Waals surface area contributed by atoms with E-state index in [0.29, 0.717) is 6.42 Å². The lowest BCUT2D eigenvalue weighted by atomic mass is 9.88. The molecule has 84 valence electrons. The Morgan fingerprint density at radius 2 is 1.86 bits per heavy atom. The van der Waals surface area contributed by atoms with Crippen LogP contribution < -0.4 is 5.73 Å². The predicted octanol–water partition coefficient (Wildman–Crippen LogP) is 2.07. The van der Waals surface area contributed by atoms with Gasteiger partial charge in [0.25, 0.3) is 0 Å². The Morgan fingerprint density at radius 3 is 2.14 bits per heavy atom. The van der Waals surface area contributed by atoms with Gasteiger partial charge in [-0.05, 0) is 27.2 Å². The van der Waals surface area contributed by atoms with Crippen molar-refractivity contribution in [3.63, 3.8) is 0 Å². The monoisotopic (exact) mass is 203 g/mol. The molecule has 0 heterocycles. The third-order valence-electron chi connectivity index (χ3n) is 2.42. The van der Waals surface area contributed by atoms with Crippen molar-refractivity contribution in [1.29, 1.82) is 0 Å². The fourth-order valence-electron chi connectivity index (χ4n) is 1.55. The van der Waals surface area contributed by atoms with Crippen LogP contribution >= 0.6 is 0 Å². The second kappa shape index (κ2) is 4.64. The molecule has 0 rings (SSSR count). The lowest BCUT2D eigenvalue weighted by molar-refractivity contribution is -0.0664. The number of methoxy groups -OCH3 is 1. The van der Waals surface area contributed by atoms with E-state index < -0.39 is 11.7 Å². The number of nitrogens with two attached hydrogens (primary N) is 1. The molecule has 0 radical (unpaired) electrons. The van der Waals surface area contributed by atoms with E-state index in [1.54, 1.807) is 7.11 Å². The van der Waals surface area contributed by atoms with E-state index in [0.717, 1.165) is 6.42 Å². The van der Waals surface area contributed by atoms with Gasteiger partial charge in [0.1, 0.15) is 5.60 Å². The predicted molar refractivity (Wildman–Crippen MR) is 55.1 cm³/mol. The van der Waals surface area contributed by atoms with Gasteiger partial charge in [-0.15, -0.1) is 0 Å². The van der Waals surface area contributed by atoms with Gasteiger partial charge in [-0.25, -0.2) is 4.79 Å². The number of hydrogen-bond donors (Lipinski definition) is 1. The van der Waals surface area contributed by atoms with E-state index in [2.05, 4.69) is 0 Å². The Morgan fingerprint density at radius 1 is 1.36 bits per heavy atom. The maximum atomic E-state index is 10.6. The summed E-state index contributed by atoms with van der Waals surface area (Å²) in [6.45, 7) is 7.67. The zero-order valence-corrected chi connectivity index (χ0v) is 9.72. The van der Waals surface area contributed by atoms with E-state index in [1.165, 1.54) is 0 Å². The first kappa shape index (κ1) is 13.2. The first-order valence-corrected chi connectivity index (χ1v) is 4.78. The molecule has 1 unspecified atom stereocenters. The molecule has 0 aliphatic carbocycles. The summed E-state index contributed by atoms with van der Waals surface area (Å²) >= 11 is 0. The molecule has 1 amide bonds. The van der Waals surface area contributed by atoms with Crippen molar-refractivity contribution in [3.8, 4) is 0 Å². The Hall–Kier alpha value is -0.770. The molecule has 0 spiro atoms. The number of ether oxygens (including phenoxy) is 2. The van der Waals surface area contributed by atoms with Gasteiger partial charge in [0.2, 0.25) is 0 Å². The van der Waals surface area contributed by atoms with Crippen LogP contribution in [0.4, 0.5) is 4.79 Å². The fourth-order valence-corrected chi connectivity index (χ4v) is 1.55. The van der Waals surface area contributed by atoms with E-state index in [4.69, 9.17) is 15.2 Å². The second-order valence-corrected chi connectivity index (χ2v) is 4.37. The minimum Gasteiger partial charge on any atom is -0.444 e. The van der Waals surface area contributed by atoms with Crippen LogP contribution in [0.2, 0.25) is 0 Å². The molecule has 4 nitrogen and oxygen atoms in total. The highest BCUT2D eigenvalue weighted by Gasteiger charge is 2.33. The van der Waals surface area contributed by atoms with Crippen molar-refractivity contribution in [2.75, 3.05) is 7.11 Å². The summed E-state index contributed by atoms with van der Waals surface area (Å²) in [5, 5.41) is 0. The van der Waals surface area contributed by atoms with Crippen LogP contribution in [0.5, 0.6) is 0 Å². The summed E-state index contributed by atoms with van der Waals surface area (Å²) < 4.78 is 10.4. The minimum atomic E-state index is -0.746. The molecule has 14 heavy (non-hydrogen) atoms. The van der Waals surface area contributed by atoms with E-state index in [1.807, 2.05) is 27.7 Å². The van der Waals surface area contributed by atoms with E-state index >= 15 is 0 Å². The number of hydrogen-bond acceptors (Lipinski definition) is 3. The molecular formula is C10H21NO3. The Balaban J connectivity index is 4.39. The summed E-state index contributed by atoms with van der Waals surface area (Å²) in [6.07, 6.45) is 0.731. The van der Waals surface area contributed by atoms with Gasteiger partial charge in [0, 0.05) is 13.5 Å². The molecule has 0 fully saturated rings. The SMILES string of the molecule is CCC(C)(CC(C)(C)OC(N)=O)OC. The molecule has 0 aliphatic rings. The third kappa shape index (κ3) is 4.46. The first-order chi connectivity index (χ1) is 6.24. The standard InChI is InChI=1S/C10H21NO3/c1-6-10(4,13-5)7-9(2,3)14-8(11)12/h6-7H2,1-5H3,(H2,11,12). The average molecular weight is 203 g/mol. The van der Waals surface area contributed by atoms with Crippen molar-refractivity contribution in [3.05, 3.63) is 0 Å². The molecule has 0 aliphatic heterocycles. The molecule has 0 aromatic rings. The van der Waals surface area contributed by atoms with Gasteiger partial charge in [-0.3, -0.25) is 0 Å². The quantitative estimate of drug-likeness (QED) is 0.744. The van der Waals surface area contributed by atoms with Crippen LogP contribution in [-0.4, -0.2) is 24.4 Å². The molecule has 0 saturated heterocycles. The lowest BCUT2D eigenvalue weighted by Gasteiger charge is -2.35. The highest BCUT2D eigenvalue weighted by Crippen LogP contribution is 2.28. The minimum absolute atomic E-state index is 0.279. The topological polar surface area (TPSA) is 61.5 Å². The summed E-state index contributed by atoms with van der Waals surface area (Å²) in [7, 11) is 1.66. The molecule has 0 aromatic heterocycles. The molecular weight excluding hydrogens is 182 g/mol. The van der Waals surface area contributed by atoms with Gasteiger partial charge in [0.05, 0.1) is 5.60 Å². The number of carbonyl (C=O) groups is 1. The van der Waals surface area contributed by atoms with Crippen molar-refractivity contribution in [2.45, 2.75) is 51.7 Å². The molecule has 4 heteroatoms. The maximum Gasteiger partial charge on any atom is 0.405 e. The Bertz CT molecular complexity index is 198. The molecule has 2 N–H and O–H groups in total. The van der Waals surface area contributed by atoms with Crippen LogP contribution in [0.25, 0.3) is 0 Å². The molecule has 0 saturated carbocycles. The number of amides is 1. The van der Waals surface area contributed by atoms with Crippen molar-refractivity contribution in [2.24, 2.45) is 5.73 Å². The molecule has 0 bridgehead atoms. The average Bonchev–Trinajstić information content (AvgIpc) is 2.01. The molecule has 1 atom stereocenters. The van der Waals surface area contributed by atoms with Gasteiger partial charge in [-0.1, -0.05) is 6.92 Å². The summed E-state index contributed by atoms with van der Waals surface area (Å²) in [6, 6.07) is 0. The summed E-state index contributed by atoms with van der Waals surface area (Å²) in [5.74, 6) is 0. The van der Waals surface area contributed by atoms with E-state index in [9.17, 15) is 4.79 Å². The zero-order valence-electron chi connectivity index (χ0n) is 9.72. The van der Waals surface area contributed by atoms with Crippen LogP contribution in [-0.2, 0) is 9.47 Å². The maximum absolute atomic E-state index is 10.6. The van der Waals surface area contributed by atoms with Gasteiger partial charge < -0.3 is 15.2 Å². The third-order valence-corrected chi connectivity index (χ3v) is 2.42. The van der Waals surface area contributed by atoms with Crippen LogP contribution in [0.1, 0.15) is 40.5 Å². The van der Waals surface area contributed by atoms with Gasteiger partial charge >= 0.3 is 6.09 Å². The van der Waals surface area contributed by atoms with Crippen molar-refractivity contribution in [1.82, 2.24) is 0 Å². The second-order valence-electron chi connectivity index (χ2n) is 4.37. The first-order valence-electron chi connectivity index (χ1n) is 4.78. The van der Waals surface area contributed by atoms with Crippen LogP contribution in [0, 0.1) is 0 Å². The summed E-state index contributed by atoms with van der Waals surface area (Å²) in [4.78, 5) is 10.6. The number of primary amides is 1. The van der Waals surface area contributed by atoms with Gasteiger partial charge in [0.15, 0.2) is 0 Å². The highest BCUT2D eigenvalue weighted by molar-refractivity contribution is 5.65. The summed E-state index contributed by atoms with van der Waals surface area (Å²) in [5.41, 5.74) is 4.11. The normalized spacial score (nSPS) is 16.1. The largest absolute Gasteiger partial charge is 0.444 e. The highest BCUT2D eigenvalue weighted by atomic mass is 16.6. The lowest BCUT2D eigenvalue weighted by Crippen LogP contribution is -2.40. The van der Waals surface area contributed by atoms with Crippen LogP contribution in [0.3, 0.4) is 0 Å². The van der Waals surface area contributed by atoms with Crippen LogP contribution in [0.15, 0.2) is 0 Å². The Labute approximate surface area is 85.8 Å². The molecule has 0 aromatic carbocycles. The number of rotatable bonds is 5. The van der Waals surface area contributed by atoms with Gasteiger partial charge in [-0.2, -0.15) is 0 Å².